The molecule has 32 heavy (non-hydrogen) atoms. The normalized spacial score (nSPS) is 16.2. The van der Waals surface area contributed by atoms with Crippen molar-refractivity contribution in [3.8, 4) is 5.75 Å². The topological polar surface area (TPSA) is 75.7 Å². The molecule has 1 aliphatic heterocycles. The van der Waals surface area contributed by atoms with Crippen LogP contribution in [-0.2, 0) is 10.0 Å². The molecular weight excluding hydrogens is 424 g/mol. The van der Waals surface area contributed by atoms with Crippen molar-refractivity contribution in [3.63, 3.8) is 0 Å². The maximum absolute atomic E-state index is 13.3. The number of methoxy groups -OCH3 is 1. The molecule has 174 valence electrons. The van der Waals surface area contributed by atoms with E-state index < -0.39 is 10.0 Å². The van der Waals surface area contributed by atoms with Gasteiger partial charge in [0.2, 0.25) is 10.0 Å². The van der Waals surface area contributed by atoms with Gasteiger partial charge in [0.05, 0.1) is 18.0 Å². The number of carbonyl (C=O) groups is 1. The van der Waals surface area contributed by atoms with Crippen molar-refractivity contribution in [2.24, 2.45) is 0 Å². The van der Waals surface area contributed by atoms with Crippen LogP contribution >= 0.6 is 0 Å². The second-order valence-corrected chi connectivity index (χ2v) is 10.4. The van der Waals surface area contributed by atoms with Gasteiger partial charge in [-0.2, -0.15) is 4.31 Å². The molecule has 1 aliphatic rings. The van der Waals surface area contributed by atoms with Gasteiger partial charge >= 0.3 is 0 Å². The predicted octanol–water partition coefficient (Wildman–Crippen LogP) is 4.76. The summed E-state index contributed by atoms with van der Waals surface area (Å²) >= 11 is 0. The van der Waals surface area contributed by atoms with E-state index in [0.717, 1.165) is 42.6 Å². The van der Waals surface area contributed by atoms with E-state index in [2.05, 4.69) is 5.32 Å². The highest BCUT2D eigenvalue weighted by molar-refractivity contribution is 7.89. The fourth-order valence-electron chi connectivity index (χ4n) is 4.22. The van der Waals surface area contributed by atoms with E-state index in [1.54, 1.807) is 30.5 Å². The number of nitrogens with one attached hydrogen (secondary N) is 1. The number of hydrogen-bond acceptors (Lipinski definition) is 4. The first-order valence-corrected chi connectivity index (χ1v) is 12.8. The average molecular weight is 459 g/mol. The third kappa shape index (κ3) is 5.33. The molecule has 3 rings (SSSR count). The quantitative estimate of drug-likeness (QED) is 0.649. The SMILES string of the molecule is CCC(NC(=O)c1ccc(C)c(S(=O)(=O)N2CCCCCC2)c1)c1ccc(OC)c(C)c1. The van der Waals surface area contributed by atoms with Crippen LogP contribution in [-0.4, -0.2) is 38.8 Å². The van der Waals surface area contributed by atoms with Gasteiger partial charge in [0.25, 0.3) is 5.91 Å². The van der Waals surface area contributed by atoms with Crippen LogP contribution in [0.4, 0.5) is 0 Å². The van der Waals surface area contributed by atoms with Gasteiger partial charge < -0.3 is 10.1 Å². The van der Waals surface area contributed by atoms with Crippen molar-refractivity contribution in [1.29, 1.82) is 0 Å². The molecule has 0 bridgehead atoms. The number of amides is 1. The number of carbonyl (C=O) groups excluding carboxylic acids is 1. The number of hydrogen-bond donors (Lipinski definition) is 1. The lowest BCUT2D eigenvalue weighted by atomic mass is 10.0. The summed E-state index contributed by atoms with van der Waals surface area (Å²) in [4.78, 5) is 13.3. The predicted molar refractivity (Wildman–Crippen MR) is 127 cm³/mol. The lowest BCUT2D eigenvalue weighted by molar-refractivity contribution is 0.0935. The first kappa shape index (κ1) is 24.3. The molecule has 0 spiro atoms. The van der Waals surface area contributed by atoms with Gasteiger partial charge in [-0.15, -0.1) is 0 Å². The maximum Gasteiger partial charge on any atom is 0.251 e. The number of nitrogens with zero attached hydrogens (tertiary/aromatic N) is 1. The van der Waals surface area contributed by atoms with E-state index in [1.165, 1.54) is 6.07 Å². The summed E-state index contributed by atoms with van der Waals surface area (Å²) < 4.78 is 33.5. The van der Waals surface area contributed by atoms with Gasteiger partial charge in [0, 0.05) is 18.7 Å². The standard InChI is InChI=1S/C25H34N2O4S/c1-5-22(20-12-13-23(31-4)19(3)16-20)26-25(28)21-11-10-18(2)24(17-21)32(29,30)27-14-8-6-7-9-15-27/h10-13,16-17,22H,5-9,14-15H2,1-4H3,(H,26,28). The monoisotopic (exact) mass is 458 g/mol. The molecule has 0 saturated carbocycles. The van der Waals surface area contributed by atoms with Crippen molar-refractivity contribution in [2.75, 3.05) is 20.2 Å². The van der Waals surface area contributed by atoms with Crippen LogP contribution in [0.2, 0.25) is 0 Å². The molecule has 1 unspecified atom stereocenters. The fourth-order valence-corrected chi connectivity index (χ4v) is 5.99. The van der Waals surface area contributed by atoms with E-state index >= 15 is 0 Å². The largest absolute Gasteiger partial charge is 0.496 e. The number of rotatable bonds is 7. The second-order valence-electron chi connectivity index (χ2n) is 8.46. The summed E-state index contributed by atoms with van der Waals surface area (Å²) in [5.74, 6) is 0.523. The molecule has 2 aromatic carbocycles. The van der Waals surface area contributed by atoms with Crippen molar-refractivity contribution in [2.45, 2.75) is 63.8 Å². The molecule has 1 heterocycles. The molecule has 1 fully saturated rings. The van der Waals surface area contributed by atoms with Crippen molar-refractivity contribution in [3.05, 3.63) is 58.7 Å². The lowest BCUT2D eigenvalue weighted by Gasteiger charge is -2.22. The lowest BCUT2D eigenvalue weighted by Crippen LogP contribution is -2.33. The molecule has 6 nitrogen and oxygen atoms in total. The zero-order chi connectivity index (χ0) is 23.3. The van der Waals surface area contributed by atoms with Gasteiger partial charge in [0.15, 0.2) is 0 Å². The Kier molecular flexibility index (Phi) is 7.96. The van der Waals surface area contributed by atoms with Crippen LogP contribution in [0, 0.1) is 13.8 Å². The third-order valence-corrected chi connectivity index (χ3v) is 8.21. The Balaban J connectivity index is 1.84. The fraction of sp³-hybridized carbons (Fsp3) is 0.480. The Labute approximate surface area is 192 Å². The molecule has 2 aromatic rings. The van der Waals surface area contributed by atoms with E-state index in [4.69, 9.17) is 4.74 Å². The highest BCUT2D eigenvalue weighted by Gasteiger charge is 2.27. The van der Waals surface area contributed by atoms with Crippen LogP contribution in [0.1, 0.15) is 72.1 Å². The van der Waals surface area contributed by atoms with E-state index in [1.807, 2.05) is 32.0 Å². The molecule has 7 heteroatoms. The molecule has 1 amide bonds. The first-order valence-electron chi connectivity index (χ1n) is 11.3. The van der Waals surface area contributed by atoms with E-state index in [0.29, 0.717) is 30.6 Å². The number of sulfonamides is 1. The average Bonchev–Trinajstić information content (AvgIpc) is 3.07. The van der Waals surface area contributed by atoms with Crippen LogP contribution in [0.25, 0.3) is 0 Å². The van der Waals surface area contributed by atoms with Gasteiger partial charge in [-0.25, -0.2) is 8.42 Å². The Bertz CT molecular complexity index is 1060. The van der Waals surface area contributed by atoms with Gasteiger partial charge in [-0.1, -0.05) is 38.0 Å². The summed E-state index contributed by atoms with van der Waals surface area (Å²) in [6, 6.07) is 10.6. The molecule has 0 aromatic heterocycles. The van der Waals surface area contributed by atoms with Crippen LogP contribution < -0.4 is 10.1 Å². The zero-order valence-electron chi connectivity index (χ0n) is 19.5. The van der Waals surface area contributed by atoms with Crippen LogP contribution in [0.3, 0.4) is 0 Å². The molecule has 1 atom stereocenters. The van der Waals surface area contributed by atoms with E-state index in [9.17, 15) is 13.2 Å². The van der Waals surface area contributed by atoms with Gasteiger partial charge in [0.1, 0.15) is 5.75 Å². The summed E-state index contributed by atoms with van der Waals surface area (Å²) in [6.07, 6.45) is 4.56. The second kappa shape index (κ2) is 10.5. The van der Waals surface area contributed by atoms with Crippen LogP contribution in [0.5, 0.6) is 5.75 Å². The summed E-state index contributed by atoms with van der Waals surface area (Å²) in [6.45, 7) is 6.83. The minimum absolute atomic E-state index is 0.181. The highest BCUT2D eigenvalue weighted by Crippen LogP contribution is 2.26. The zero-order valence-corrected chi connectivity index (χ0v) is 20.3. The minimum atomic E-state index is -3.63. The van der Waals surface area contributed by atoms with E-state index in [-0.39, 0.29) is 16.8 Å². The number of benzene rings is 2. The van der Waals surface area contributed by atoms with Crippen molar-refractivity contribution in [1.82, 2.24) is 9.62 Å². The first-order chi connectivity index (χ1) is 15.3. The third-order valence-electron chi connectivity index (χ3n) is 6.17. The molecule has 0 radical (unpaired) electrons. The molecule has 0 aliphatic carbocycles. The Morgan fingerprint density at radius 3 is 2.31 bits per heavy atom. The highest BCUT2D eigenvalue weighted by atomic mass is 32.2. The smallest absolute Gasteiger partial charge is 0.251 e. The Hall–Kier alpha value is -2.38. The minimum Gasteiger partial charge on any atom is -0.496 e. The van der Waals surface area contributed by atoms with Crippen molar-refractivity contribution >= 4 is 15.9 Å². The number of ether oxygens (including phenoxy) is 1. The summed E-state index contributed by atoms with van der Waals surface area (Å²) in [7, 11) is -2.00. The molecule has 1 saturated heterocycles. The molecule has 1 N–H and O–H groups in total. The van der Waals surface area contributed by atoms with Gasteiger partial charge in [-0.3, -0.25) is 4.79 Å². The summed E-state index contributed by atoms with van der Waals surface area (Å²) in [5, 5.41) is 3.06. The molecular formula is C25H34N2O4S. The van der Waals surface area contributed by atoms with Crippen molar-refractivity contribution < 1.29 is 17.9 Å². The maximum atomic E-state index is 13.3. The van der Waals surface area contributed by atoms with Gasteiger partial charge in [-0.05, 0) is 68.0 Å². The number of aryl methyl sites for hydroxylation is 2. The Morgan fingerprint density at radius 2 is 1.72 bits per heavy atom. The summed E-state index contributed by atoms with van der Waals surface area (Å²) in [5.41, 5.74) is 3.00. The Morgan fingerprint density at radius 1 is 1.03 bits per heavy atom. The van der Waals surface area contributed by atoms with Crippen LogP contribution in [0.15, 0.2) is 41.3 Å².